The highest BCUT2D eigenvalue weighted by Gasteiger charge is 2.06. The van der Waals surface area contributed by atoms with Crippen LogP contribution in [0.1, 0.15) is 37.9 Å². The Bertz CT molecular complexity index is 515. The maximum Gasteiger partial charge on any atom is 0.0708 e. The number of benzene rings is 1. The number of nitrogens with one attached hydrogen (secondary N) is 1. The minimum atomic E-state index is 0.609. The maximum atomic E-state index is 4.58. The van der Waals surface area contributed by atoms with E-state index in [1.165, 1.54) is 23.8 Å². The molecule has 0 saturated carbocycles. The summed E-state index contributed by atoms with van der Waals surface area (Å²) < 4.78 is 0. The van der Waals surface area contributed by atoms with Crippen molar-refractivity contribution in [3.8, 4) is 0 Å². The zero-order chi connectivity index (χ0) is 13.0. The summed E-state index contributed by atoms with van der Waals surface area (Å²) in [7, 11) is 0. The average molecular weight is 242 g/mol. The van der Waals surface area contributed by atoms with Crippen molar-refractivity contribution in [2.45, 2.75) is 46.2 Å². The number of hydrogen-bond donors (Lipinski definition) is 1. The Balaban J connectivity index is 2.26. The number of hydrogen-bond acceptors (Lipinski definition) is 2. The SMILES string of the molecule is CCC(CC)NCc1cc(C)nc2ccccc12. The summed E-state index contributed by atoms with van der Waals surface area (Å²) in [6.07, 6.45) is 2.36. The second-order valence-corrected chi connectivity index (χ2v) is 4.83. The first-order valence-electron chi connectivity index (χ1n) is 6.83. The number of aryl methyl sites for hydroxylation is 1. The molecule has 0 aliphatic rings. The molecule has 0 aliphatic carbocycles. The number of fused-ring (bicyclic) bond motifs is 1. The highest BCUT2D eigenvalue weighted by Crippen LogP contribution is 2.18. The standard InChI is InChI=1S/C16H22N2/c1-4-14(5-2)17-11-13-10-12(3)18-16-9-7-6-8-15(13)16/h6-10,14,17H,4-5,11H2,1-3H3. The fourth-order valence-corrected chi connectivity index (χ4v) is 2.37. The van der Waals surface area contributed by atoms with E-state index in [1.807, 2.05) is 6.07 Å². The second-order valence-electron chi connectivity index (χ2n) is 4.83. The lowest BCUT2D eigenvalue weighted by molar-refractivity contribution is 0.485. The van der Waals surface area contributed by atoms with Gasteiger partial charge in [0.05, 0.1) is 5.52 Å². The lowest BCUT2D eigenvalue weighted by Crippen LogP contribution is -2.27. The molecule has 0 aliphatic heterocycles. The number of para-hydroxylation sites is 1. The minimum absolute atomic E-state index is 0.609. The third-order valence-electron chi connectivity index (χ3n) is 3.50. The molecule has 18 heavy (non-hydrogen) atoms. The van der Waals surface area contributed by atoms with Crippen molar-refractivity contribution in [1.29, 1.82) is 0 Å². The van der Waals surface area contributed by atoms with Crippen molar-refractivity contribution in [1.82, 2.24) is 10.3 Å². The molecule has 2 heteroatoms. The first-order valence-corrected chi connectivity index (χ1v) is 6.83. The molecule has 0 fully saturated rings. The largest absolute Gasteiger partial charge is 0.310 e. The zero-order valence-electron chi connectivity index (χ0n) is 11.5. The molecule has 0 saturated heterocycles. The Morgan fingerprint density at radius 2 is 1.89 bits per heavy atom. The highest BCUT2D eigenvalue weighted by atomic mass is 14.9. The number of aromatic nitrogens is 1. The summed E-state index contributed by atoms with van der Waals surface area (Å²) in [5, 5.41) is 4.89. The monoisotopic (exact) mass is 242 g/mol. The molecular formula is C16H22N2. The molecule has 2 aromatic rings. The van der Waals surface area contributed by atoms with Crippen LogP contribution in [-0.4, -0.2) is 11.0 Å². The molecule has 1 N–H and O–H groups in total. The molecule has 1 heterocycles. The highest BCUT2D eigenvalue weighted by molar-refractivity contribution is 5.82. The predicted octanol–water partition coefficient (Wildman–Crippen LogP) is 3.82. The lowest BCUT2D eigenvalue weighted by Gasteiger charge is -2.16. The fraction of sp³-hybridized carbons (Fsp3) is 0.438. The number of pyridine rings is 1. The van der Waals surface area contributed by atoms with Gasteiger partial charge in [0.25, 0.3) is 0 Å². The number of rotatable bonds is 5. The smallest absolute Gasteiger partial charge is 0.0708 e. The van der Waals surface area contributed by atoms with Gasteiger partial charge >= 0.3 is 0 Å². The molecule has 0 unspecified atom stereocenters. The van der Waals surface area contributed by atoms with Gasteiger partial charge in [-0.1, -0.05) is 32.0 Å². The van der Waals surface area contributed by atoms with Crippen molar-refractivity contribution in [2.24, 2.45) is 0 Å². The third kappa shape index (κ3) is 2.88. The van der Waals surface area contributed by atoms with E-state index in [2.05, 4.69) is 55.3 Å². The van der Waals surface area contributed by atoms with E-state index in [9.17, 15) is 0 Å². The van der Waals surface area contributed by atoms with Crippen LogP contribution < -0.4 is 5.32 Å². The summed E-state index contributed by atoms with van der Waals surface area (Å²) in [5.74, 6) is 0. The molecule has 0 bridgehead atoms. The van der Waals surface area contributed by atoms with Crippen LogP contribution in [0.4, 0.5) is 0 Å². The van der Waals surface area contributed by atoms with E-state index in [4.69, 9.17) is 0 Å². The minimum Gasteiger partial charge on any atom is -0.310 e. The third-order valence-corrected chi connectivity index (χ3v) is 3.50. The predicted molar refractivity (Wildman–Crippen MR) is 77.7 cm³/mol. The molecule has 0 radical (unpaired) electrons. The number of nitrogens with zero attached hydrogens (tertiary/aromatic N) is 1. The van der Waals surface area contributed by atoms with Crippen molar-refractivity contribution < 1.29 is 0 Å². The quantitative estimate of drug-likeness (QED) is 0.862. The van der Waals surface area contributed by atoms with Gasteiger partial charge in [0.1, 0.15) is 0 Å². The summed E-state index contributed by atoms with van der Waals surface area (Å²) in [6, 6.07) is 11.2. The molecule has 0 atom stereocenters. The van der Waals surface area contributed by atoms with E-state index in [0.29, 0.717) is 6.04 Å². The molecule has 2 rings (SSSR count). The van der Waals surface area contributed by atoms with Crippen LogP contribution in [0.5, 0.6) is 0 Å². The lowest BCUT2D eigenvalue weighted by atomic mass is 10.1. The zero-order valence-corrected chi connectivity index (χ0v) is 11.5. The molecule has 96 valence electrons. The summed E-state index contributed by atoms with van der Waals surface area (Å²) in [6.45, 7) is 7.46. The van der Waals surface area contributed by atoms with Crippen LogP contribution in [0.3, 0.4) is 0 Å². The second kappa shape index (κ2) is 5.96. The van der Waals surface area contributed by atoms with Gasteiger partial charge in [-0.3, -0.25) is 4.98 Å². The van der Waals surface area contributed by atoms with Crippen molar-refractivity contribution in [2.75, 3.05) is 0 Å². The van der Waals surface area contributed by atoms with Gasteiger partial charge in [-0.25, -0.2) is 0 Å². The van der Waals surface area contributed by atoms with Gasteiger partial charge in [-0.15, -0.1) is 0 Å². The van der Waals surface area contributed by atoms with Crippen molar-refractivity contribution in [3.05, 3.63) is 41.6 Å². The van der Waals surface area contributed by atoms with Crippen LogP contribution in [0.2, 0.25) is 0 Å². The van der Waals surface area contributed by atoms with Gasteiger partial charge in [-0.05, 0) is 37.5 Å². The van der Waals surface area contributed by atoms with E-state index in [-0.39, 0.29) is 0 Å². The normalized spacial score (nSPS) is 11.3. The van der Waals surface area contributed by atoms with Gasteiger partial charge in [0.15, 0.2) is 0 Å². The van der Waals surface area contributed by atoms with Crippen LogP contribution >= 0.6 is 0 Å². The van der Waals surface area contributed by atoms with Gasteiger partial charge in [0, 0.05) is 23.7 Å². The maximum absolute atomic E-state index is 4.58. The Morgan fingerprint density at radius 1 is 1.17 bits per heavy atom. The van der Waals surface area contributed by atoms with E-state index >= 15 is 0 Å². The van der Waals surface area contributed by atoms with Crippen molar-refractivity contribution >= 4 is 10.9 Å². The van der Waals surface area contributed by atoms with Crippen LogP contribution in [-0.2, 0) is 6.54 Å². The van der Waals surface area contributed by atoms with E-state index < -0.39 is 0 Å². The summed E-state index contributed by atoms with van der Waals surface area (Å²) in [4.78, 5) is 4.58. The first-order chi connectivity index (χ1) is 8.74. The van der Waals surface area contributed by atoms with E-state index in [0.717, 1.165) is 17.8 Å². The Morgan fingerprint density at radius 3 is 2.61 bits per heavy atom. The molecule has 1 aromatic heterocycles. The Kier molecular flexibility index (Phi) is 4.32. The molecule has 2 nitrogen and oxygen atoms in total. The Labute approximate surface area is 109 Å². The average Bonchev–Trinajstić information content (AvgIpc) is 2.39. The van der Waals surface area contributed by atoms with Gasteiger partial charge in [-0.2, -0.15) is 0 Å². The van der Waals surface area contributed by atoms with Gasteiger partial charge < -0.3 is 5.32 Å². The molecule has 1 aromatic carbocycles. The summed E-state index contributed by atoms with van der Waals surface area (Å²) >= 11 is 0. The van der Waals surface area contributed by atoms with Crippen LogP contribution in [0.15, 0.2) is 30.3 Å². The molecule has 0 spiro atoms. The molecular weight excluding hydrogens is 220 g/mol. The summed E-state index contributed by atoms with van der Waals surface area (Å²) in [5.41, 5.74) is 3.54. The van der Waals surface area contributed by atoms with Gasteiger partial charge in [0.2, 0.25) is 0 Å². The van der Waals surface area contributed by atoms with Crippen molar-refractivity contribution in [3.63, 3.8) is 0 Å². The Hall–Kier alpha value is -1.41. The van der Waals surface area contributed by atoms with E-state index in [1.54, 1.807) is 0 Å². The first kappa shape index (κ1) is 13.0. The fourth-order valence-electron chi connectivity index (χ4n) is 2.37. The molecule has 0 amide bonds. The van der Waals surface area contributed by atoms with Crippen LogP contribution in [0.25, 0.3) is 10.9 Å². The van der Waals surface area contributed by atoms with Crippen LogP contribution in [0, 0.1) is 6.92 Å². The topological polar surface area (TPSA) is 24.9 Å².